The number of piperidine rings is 1. The molecule has 0 unspecified atom stereocenters. The van der Waals surface area contributed by atoms with Gasteiger partial charge in [0, 0.05) is 23.7 Å². The van der Waals surface area contributed by atoms with Gasteiger partial charge in [-0.25, -0.2) is 0 Å². The van der Waals surface area contributed by atoms with Gasteiger partial charge in [0.1, 0.15) is 0 Å². The second kappa shape index (κ2) is 8.54. The number of likely N-dealkylation sites (tertiary alicyclic amines) is 1. The SMILES string of the molecule is C=C(C)CCCN1CCC(O)(C(/C=C(\C)C(F)(F)F)=C(/C)Cl)CC1. The van der Waals surface area contributed by atoms with Gasteiger partial charge in [-0.05, 0) is 64.6 Å². The molecule has 0 amide bonds. The average Bonchev–Trinajstić information content (AvgIpc) is 2.45. The van der Waals surface area contributed by atoms with Crippen LogP contribution in [0.2, 0.25) is 0 Å². The Balaban J connectivity index is 2.78. The van der Waals surface area contributed by atoms with Crippen molar-refractivity contribution in [1.29, 1.82) is 0 Å². The summed E-state index contributed by atoms with van der Waals surface area (Å²) in [6.45, 7) is 10.6. The Morgan fingerprint density at radius 2 is 1.79 bits per heavy atom. The van der Waals surface area contributed by atoms with Crippen LogP contribution in [0.4, 0.5) is 13.2 Å². The minimum absolute atomic E-state index is 0.181. The average molecular weight is 366 g/mol. The molecule has 24 heavy (non-hydrogen) atoms. The van der Waals surface area contributed by atoms with Crippen molar-refractivity contribution in [2.75, 3.05) is 19.6 Å². The zero-order valence-corrected chi connectivity index (χ0v) is 15.4. The topological polar surface area (TPSA) is 23.5 Å². The molecule has 0 aromatic heterocycles. The third kappa shape index (κ3) is 6.26. The van der Waals surface area contributed by atoms with Crippen LogP contribution in [0, 0.1) is 0 Å². The van der Waals surface area contributed by atoms with E-state index >= 15 is 0 Å². The Labute approximate surface area is 147 Å². The van der Waals surface area contributed by atoms with Gasteiger partial charge in [-0.15, -0.1) is 6.58 Å². The predicted molar refractivity (Wildman–Crippen MR) is 93.0 cm³/mol. The molecule has 0 spiro atoms. The monoisotopic (exact) mass is 365 g/mol. The summed E-state index contributed by atoms with van der Waals surface area (Å²) in [5.41, 5.74) is -0.738. The van der Waals surface area contributed by atoms with Crippen LogP contribution in [0.5, 0.6) is 0 Å². The number of hydrogen-bond donors (Lipinski definition) is 1. The van der Waals surface area contributed by atoms with Gasteiger partial charge in [0.15, 0.2) is 0 Å². The van der Waals surface area contributed by atoms with Crippen molar-refractivity contribution in [3.63, 3.8) is 0 Å². The van der Waals surface area contributed by atoms with E-state index in [0.29, 0.717) is 25.9 Å². The van der Waals surface area contributed by atoms with E-state index in [9.17, 15) is 18.3 Å². The van der Waals surface area contributed by atoms with E-state index in [1.165, 1.54) is 6.92 Å². The molecule has 0 atom stereocenters. The van der Waals surface area contributed by atoms with Gasteiger partial charge in [0.05, 0.1) is 5.60 Å². The van der Waals surface area contributed by atoms with Crippen molar-refractivity contribution in [3.05, 3.63) is 34.4 Å². The maximum atomic E-state index is 12.8. The number of rotatable bonds is 6. The lowest BCUT2D eigenvalue weighted by Gasteiger charge is -2.39. The van der Waals surface area contributed by atoms with Crippen LogP contribution in [0.1, 0.15) is 46.5 Å². The van der Waals surface area contributed by atoms with Crippen molar-refractivity contribution >= 4 is 11.6 Å². The number of alkyl halides is 3. The molecule has 1 heterocycles. The summed E-state index contributed by atoms with van der Waals surface area (Å²) < 4.78 is 38.4. The molecule has 0 saturated carbocycles. The van der Waals surface area contributed by atoms with Gasteiger partial charge in [0.25, 0.3) is 0 Å². The van der Waals surface area contributed by atoms with Crippen molar-refractivity contribution in [3.8, 4) is 0 Å². The maximum Gasteiger partial charge on any atom is 0.412 e. The first-order chi connectivity index (χ1) is 11.0. The van der Waals surface area contributed by atoms with Crippen LogP contribution in [-0.2, 0) is 0 Å². The van der Waals surface area contributed by atoms with E-state index in [4.69, 9.17) is 11.6 Å². The lowest BCUT2D eigenvalue weighted by Crippen LogP contribution is -2.45. The molecular formula is C18H27ClF3NO. The molecule has 1 rings (SSSR count). The maximum absolute atomic E-state index is 12.8. The minimum atomic E-state index is -4.42. The Morgan fingerprint density at radius 3 is 2.21 bits per heavy atom. The summed E-state index contributed by atoms with van der Waals surface area (Å²) >= 11 is 6.00. The van der Waals surface area contributed by atoms with E-state index in [0.717, 1.165) is 38.0 Å². The molecule has 1 N–H and O–H groups in total. The summed E-state index contributed by atoms with van der Waals surface area (Å²) in [5, 5.41) is 11.1. The van der Waals surface area contributed by atoms with Gasteiger partial charge < -0.3 is 10.0 Å². The molecule has 0 aromatic carbocycles. The van der Waals surface area contributed by atoms with E-state index < -0.39 is 17.4 Å². The second-order valence-corrected chi connectivity index (χ2v) is 7.27. The molecule has 0 aliphatic carbocycles. The molecule has 0 aromatic rings. The highest BCUT2D eigenvalue weighted by Crippen LogP contribution is 2.36. The van der Waals surface area contributed by atoms with Crippen molar-refractivity contribution < 1.29 is 18.3 Å². The number of hydrogen-bond acceptors (Lipinski definition) is 2. The quantitative estimate of drug-likeness (QED) is 0.517. The fraction of sp³-hybridized carbons (Fsp3) is 0.667. The molecule has 0 radical (unpaired) electrons. The molecule has 1 aliphatic heterocycles. The highest BCUT2D eigenvalue weighted by Gasteiger charge is 2.38. The minimum Gasteiger partial charge on any atom is -0.385 e. The van der Waals surface area contributed by atoms with E-state index in [2.05, 4.69) is 11.5 Å². The molecule has 2 nitrogen and oxygen atoms in total. The molecule has 1 fully saturated rings. The Morgan fingerprint density at radius 1 is 1.25 bits per heavy atom. The first-order valence-corrected chi connectivity index (χ1v) is 8.55. The standard InChI is InChI=1S/C18H27ClF3NO/c1-13(2)6-5-9-23-10-7-17(24,8-11-23)16(15(4)19)12-14(3)18(20,21)22/h12,24H,1,5-11H2,2-4H3/b14-12+,16-15-. The van der Waals surface area contributed by atoms with Gasteiger partial charge in [0.2, 0.25) is 0 Å². The fourth-order valence-electron chi connectivity index (χ4n) is 2.87. The summed E-state index contributed by atoms with van der Waals surface area (Å²) in [4.78, 5) is 2.22. The van der Waals surface area contributed by atoms with E-state index in [1.54, 1.807) is 0 Å². The largest absolute Gasteiger partial charge is 0.412 e. The third-order valence-corrected chi connectivity index (χ3v) is 4.65. The lowest BCUT2D eigenvalue weighted by atomic mass is 9.82. The Hall–Kier alpha value is -0.780. The fourth-order valence-corrected chi connectivity index (χ4v) is 3.10. The molecule has 0 bridgehead atoms. The molecule has 1 saturated heterocycles. The van der Waals surface area contributed by atoms with Gasteiger partial charge >= 0.3 is 6.18 Å². The van der Waals surface area contributed by atoms with Crippen molar-refractivity contribution in [2.45, 2.75) is 58.2 Å². The summed E-state index contributed by atoms with van der Waals surface area (Å²) in [5.74, 6) is 0. The third-order valence-electron chi connectivity index (χ3n) is 4.44. The molecule has 1 aliphatic rings. The Bertz CT molecular complexity index is 511. The van der Waals surface area contributed by atoms with Crippen LogP contribution in [0.15, 0.2) is 34.4 Å². The van der Waals surface area contributed by atoms with Crippen LogP contribution < -0.4 is 0 Å². The zero-order valence-electron chi connectivity index (χ0n) is 14.6. The number of aliphatic hydroxyl groups is 1. The summed E-state index contributed by atoms with van der Waals surface area (Å²) in [6, 6.07) is 0. The number of halogens is 4. The molecule has 138 valence electrons. The van der Waals surface area contributed by atoms with Crippen LogP contribution in [0.25, 0.3) is 0 Å². The highest BCUT2D eigenvalue weighted by molar-refractivity contribution is 6.29. The smallest absolute Gasteiger partial charge is 0.385 e. The first-order valence-electron chi connectivity index (χ1n) is 8.17. The van der Waals surface area contributed by atoms with Crippen molar-refractivity contribution in [1.82, 2.24) is 4.90 Å². The number of nitrogens with zero attached hydrogens (tertiary/aromatic N) is 1. The first kappa shape index (κ1) is 21.3. The second-order valence-electron chi connectivity index (χ2n) is 6.71. The van der Waals surface area contributed by atoms with Crippen LogP contribution in [0.3, 0.4) is 0 Å². The normalized spacial score (nSPS) is 20.8. The van der Waals surface area contributed by atoms with Crippen LogP contribution in [-0.4, -0.2) is 41.4 Å². The molecular weight excluding hydrogens is 339 g/mol. The van der Waals surface area contributed by atoms with Crippen LogP contribution >= 0.6 is 11.6 Å². The predicted octanol–water partition coefficient (Wildman–Crippen LogP) is 5.19. The zero-order chi connectivity index (χ0) is 18.5. The van der Waals surface area contributed by atoms with Gasteiger partial charge in [-0.3, -0.25) is 0 Å². The molecule has 6 heteroatoms. The van der Waals surface area contributed by atoms with E-state index in [1.807, 2.05) is 6.92 Å². The van der Waals surface area contributed by atoms with Gasteiger partial charge in [-0.1, -0.05) is 17.2 Å². The Kier molecular flexibility index (Phi) is 7.57. The highest BCUT2D eigenvalue weighted by atomic mass is 35.5. The van der Waals surface area contributed by atoms with Crippen molar-refractivity contribution in [2.24, 2.45) is 0 Å². The summed E-state index contributed by atoms with van der Waals surface area (Å²) in [7, 11) is 0. The summed E-state index contributed by atoms with van der Waals surface area (Å²) in [6.07, 6.45) is -0.725. The number of allylic oxidation sites excluding steroid dienone is 3. The van der Waals surface area contributed by atoms with Gasteiger partial charge in [-0.2, -0.15) is 13.2 Å². The lowest BCUT2D eigenvalue weighted by molar-refractivity contribution is -0.0915. The van der Waals surface area contributed by atoms with E-state index in [-0.39, 0.29) is 10.6 Å².